The minimum Gasteiger partial charge on any atom is -0.360 e. The number of benzene rings is 1. The lowest BCUT2D eigenvalue weighted by molar-refractivity contribution is -0.130. The number of anilines is 1. The Morgan fingerprint density at radius 2 is 1.83 bits per heavy atom. The summed E-state index contributed by atoms with van der Waals surface area (Å²) in [6, 6.07) is 9.96. The number of aromatic nitrogens is 1. The number of hydrogen-bond acceptors (Lipinski definition) is 4. The molecule has 1 fully saturated rings. The third-order valence-electron chi connectivity index (χ3n) is 5.25. The summed E-state index contributed by atoms with van der Waals surface area (Å²) in [4.78, 5) is 26.6. The molecule has 0 saturated carbocycles. The Labute approximate surface area is 172 Å². The Morgan fingerprint density at radius 3 is 2.38 bits per heavy atom. The van der Waals surface area contributed by atoms with Crippen molar-refractivity contribution in [2.24, 2.45) is 5.92 Å². The Kier molecular flexibility index (Phi) is 6.20. The van der Waals surface area contributed by atoms with Gasteiger partial charge in [-0.05, 0) is 42.4 Å². The van der Waals surface area contributed by atoms with Crippen LogP contribution < -0.4 is 5.32 Å². The molecule has 0 atom stereocenters. The number of amides is 2. The van der Waals surface area contributed by atoms with Gasteiger partial charge >= 0.3 is 0 Å². The van der Waals surface area contributed by atoms with Gasteiger partial charge in [0.1, 0.15) is 5.76 Å². The van der Waals surface area contributed by atoms with Crippen molar-refractivity contribution < 1.29 is 14.1 Å². The van der Waals surface area contributed by atoms with E-state index in [0.29, 0.717) is 37.5 Å². The molecule has 1 aliphatic rings. The van der Waals surface area contributed by atoms with Gasteiger partial charge in [0.25, 0.3) is 0 Å². The summed E-state index contributed by atoms with van der Waals surface area (Å²) < 4.78 is 4.96. The van der Waals surface area contributed by atoms with E-state index in [1.807, 2.05) is 18.2 Å². The minimum atomic E-state index is -0.120. The fourth-order valence-electron chi connectivity index (χ4n) is 3.38. The standard InChI is InChI=1S/C23H29N3O3/c1-16-15-20(25-29-16)24-22(28)18-11-13-26(14-12-18)21(27)10-7-17-5-8-19(9-6-17)23(2,3)4/h5-10,15,18H,11-14H2,1-4H3,(H,24,25,28)/b10-7+. The van der Waals surface area contributed by atoms with E-state index in [4.69, 9.17) is 4.52 Å². The number of aryl methyl sites for hydroxylation is 1. The van der Waals surface area contributed by atoms with Gasteiger partial charge in [0.15, 0.2) is 5.82 Å². The molecule has 0 spiro atoms. The highest BCUT2D eigenvalue weighted by Crippen LogP contribution is 2.23. The largest absolute Gasteiger partial charge is 0.360 e. The molecule has 1 N–H and O–H groups in total. The average Bonchev–Trinajstić information content (AvgIpc) is 3.10. The second-order valence-electron chi connectivity index (χ2n) is 8.62. The van der Waals surface area contributed by atoms with Crippen LogP contribution in [0.3, 0.4) is 0 Å². The molecule has 1 aliphatic heterocycles. The molecule has 29 heavy (non-hydrogen) atoms. The third-order valence-corrected chi connectivity index (χ3v) is 5.25. The topological polar surface area (TPSA) is 75.4 Å². The highest BCUT2D eigenvalue weighted by molar-refractivity contribution is 5.93. The molecule has 154 valence electrons. The first-order valence-corrected chi connectivity index (χ1v) is 10.0. The van der Waals surface area contributed by atoms with E-state index in [2.05, 4.69) is 43.4 Å². The number of carbonyl (C=O) groups excluding carboxylic acids is 2. The van der Waals surface area contributed by atoms with E-state index in [0.717, 1.165) is 5.56 Å². The van der Waals surface area contributed by atoms with Crippen molar-refractivity contribution in [1.82, 2.24) is 10.1 Å². The summed E-state index contributed by atoms with van der Waals surface area (Å²) >= 11 is 0. The van der Waals surface area contributed by atoms with Crippen LogP contribution in [0.25, 0.3) is 6.08 Å². The first kappa shape index (κ1) is 20.8. The SMILES string of the molecule is Cc1cc(NC(=O)C2CCN(C(=O)/C=C/c3ccc(C(C)(C)C)cc3)CC2)no1. The lowest BCUT2D eigenvalue weighted by Gasteiger charge is -2.30. The molecule has 2 heterocycles. The predicted octanol–water partition coefficient (Wildman–Crippen LogP) is 4.17. The molecule has 0 unspecified atom stereocenters. The highest BCUT2D eigenvalue weighted by Gasteiger charge is 2.27. The first-order valence-electron chi connectivity index (χ1n) is 10.0. The van der Waals surface area contributed by atoms with E-state index in [1.54, 1.807) is 24.0 Å². The van der Waals surface area contributed by atoms with Crippen LogP contribution in [0.1, 0.15) is 50.5 Å². The van der Waals surface area contributed by atoms with E-state index in [-0.39, 0.29) is 23.1 Å². The Hall–Kier alpha value is -2.89. The van der Waals surface area contributed by atoms with Gasteiger partial charge in [-0.3, -0.25) is 9.59 Å². The zero-order valence-electron chi connectivity index (χ0n) is 17.6. The van der Waals surface area contributed by atoms with Crippen LogP contribution in [0, 0.1) is 12.8 Å². The van der Waals surface area contributed by atoms with Crippen LogP contribution in [0.5, 0.6) is 0 Å². The van der Waals surface area contributed by atoms with Gasteiger partial charge in [-0.25, -0.2) is 0 Å². The van der Waals surface area contributed by atoms with Crippen molar-refractivity contribution in [1.29, 1.82) is 0 Å². The van der Waals surface area contributed by atoms with Crippen LogP contribution >= 0.6 is 0 Å². The van der Waals surface area contributed by atoms with Crippen LogP contribution in [-0.2, 0) is 15.0 Å². The second kappa shape index (κ2) is 8.64. The summed E-state index contributed by atoms with van der Waals surface area (Å²) in [7, 11) is 0. The molecule has 2 amide bonds. The molecule has 1 aromatic heterocycles. The van der Waals surface area contributed by atoms with Crippen LogP contribution in [-0.4, -0.2) is 35.0 Å². The summed E-state index contributed by atoms with van der Waals surface area (Å²) in [6.45, 7) is 9.46. The molecule has 3 rings (SSSR count). The maximum Gasteiger partial charge on any atom is 0.246 e. The van der Waals surface area contributed by atoms with Gasteiger partial charge < -0.3 is 14.7 Å². The van der Waals surface area contributed by atoms with Gasteiger partial charge in [0, 0.05) is 31.1 Å². The number of nitrogens with one attached hydrogen (secondary N) is 1. The number of piperidine rings is 1. The van der Waals surface area contributed by atoms with Crippen molar-refractivity contribution >= 4 is 23.7 Å². The summed E-state index contributed by atoms with van der Waals surface area (Å²) in [6.07, 6.45) is 4.75. The zero-order chi connectivity index (χ0) is 21.0. The monoisotopic (exact) mass is 395 g/mol. The number of rotatable bonds is 4. The smallest absolute Gasteiger partial charge is 0.246 e. The number of carbonyl (C=O) groups is 2. The summed E-state index contributed by atoms with van der Waals surface area (Å²) in [5.74, 6) is 0.882. The van der Waals surface area contributed by atoms with E-state index >= 15 is 0 Å². The highest BCUT2D eigenvalue weighted by atomic mass is 16.5. The Morgan fingerprint density at radius 1 is 1.17 bits per heavy atom. The lowest BCUT2D eigenvalue weighted by Crippen LogP contribution is -2.40. The minimum absolute atomic E-state index is 0.0177. The van der Waals surface area contributed by atoms with Gasteiger partial charge in [0.05, 0.1) is 0 Å². The molecule has 1 saturated heterocycles. The van der Waals surface area contributed by atoms with Crippen molar-refractivity contribution in [2.45, 2.75) is 46.0 Å². The third kappa shape index (κ3) is 5.56. The van der Waals surface area contributed by atoms with Crippen molar-refractivity contribution in [3.63, 3.8) is 0 Å². The molecule has 2 aromatic rings. The number of nitrogens with zero attached hydrogens (tertiary/aromatic N) is 2. The predicted molar refractivity (Wildman–Crippen MR) is 113 cm³/mol. The molecule has 6 nitrogen and oxygen atoms in total. The maximum absolute atomic E-state index is 12.5. The molecule has 0 bridgehead atoms. The van der Waals surface area contributed by atoms with Gasteiger partial charge in [-0.1, -0.05) is 50.2 Å². The zero-order valence-corrected chi connectivity index (χ0v) is 17.6. The van der Waals surface area contributed by atoms with E-state index < -0.39 is 0 Å². The van der Waals surface area contributed by atoms with Crippen molar-refractivity contribution in [2.75, 3.05) is 18.4 Å². The number of hydrogen-bond donors (Lipinski definition) is 1. The van der Waals surface area contributed by atoms with Crippen molar-refractivity contribution in [3.05, 3.63) is 53.3 Å². The van der Waals surface area contributed by atoms with Gasteiger partial charge in [-0.2, -0.15) is 0 Å². The van der Waals surface area contributed by atoms with E-state index in [1.165, 1.54) is 5.56 Å². The fraction of sp³-hybridized carbons (Fsp3) is 0.435. The normalized spacial score (nSPS) is 15.7. The molecular weight excluding hydrogens is 366 g/mol. The summed E-state index contributed by atoms with van der Waals surface area (Å²) in [5.41, 5.74) is 2.38. The molecule has 0 radical (unpaired) electrons. The van der Waals surface area contributed by atoms with E-state index in [9.17, 15) is 9.59 Å². The molecule has 1 aromatic carbocycles. The Balaban J connectivity index is 1.49. The lowest BCUT2D eigenvalue weighted by atomic mass is 9.87. The van der Waals surface area contributed by atoms with Gasteiger partial charge in [0.2, 0.25) is 11.8 Å². The van der Waals surface area contributed by atoms with Crippen molar-refractivity contribution in [3.8, 4) is 0 Å². The number of likely N-dealkylation sites (tertiary alicyclic amines) is 1. The second-order valence-corrected chi connectivity index (χ2v) is 8.62. The molecular formula is C23H29N3O3. The molecule has 6 heteroatoms. The molecule has 0 aliphatic carbocycles. The first-order chi connectivity index (χ1) is 13.7. The maximum atomic E-state index is 12.5. The summed E-state index contributed by atoms with van der Waals surface area (Å²) in [5, 5.41) is 6.56. The quantitative estimate of drug-likeness (QED) is 0.789. The van der Waals surface area contributed by atoms with Crippen LogP contribution in [0.15, 0.2) is 40.9 Å². The van der Waals surface area contributed by atoms with Crippen LogP contribution in [0.4, 0.5) is 5.82 Å². The average molecular weight is 396 g/mol. The Bertz CT molecular complexity index is 883. The fourth-order valence-corrected chi connectivity index (χ4v) is 3.38. The van der Waals surface area contributed by atoms with Crippen LogP contribution in [0.2, 0.25) is 0 Å². The van der Waals surface area contributed by atoms with Gasteiger partial charge in [-0.15, -0.1) is 0 Å².